The van der Waals surface area contributed by atoms with Gasteiger partial charge in [0.05, 0.1) is 12.7 Å². The number of hydrogen-bond acceptors (Lipinski definition) is 2. The lowest BCUT2D eigenvalue weighted by Gasteiger charge is -2.10. The molecule has 2 rings (SSSR count). The number of benzene rings is 2. The van der Waals surface area contributed by atoms with Crippen molar-refractivity contribution in [1.29, 1.82) is 0 Å². The van der Waals surface area contributed by atoms with Crippen molar-refractivity contribution in [3.05, 3.63) is 47.5 Å². The Hall–Kier alpha value is -2.10. The van der Waals surface area contributed by atoms with Crippen LogP contribution in [0.2, 0.25) is 0 Å². The summed E-state index contributed by atoms with van der Waals surface area (Å²) in [5.74, 6) is -1.18. The minimum atomic E-state index is -0.721. The SMILES string of the molecule is COc1ccc(O)c(-c2c(F)ccc(C)c2F)c1. The molecule has 0 aliphatic heterocycles. The molecule has 0 saturated heterocycles. The molecular weight excluding hydrogens is 238 g/mol. The van der Waals surface area contributed by atoms with Gasteiger partial charge in [0, 0.05) is 5.56 Å². The van der Waals surface area contributed by atoms with Crippen LogP contribution < -0.4 is 4.74 Å². The molecule has 0 aromatic heterocycles. The Bertz CT molecular complexity index is 595. The summed E-state index contributed by atoms with van der Waals surface area (Å²) in [5.41, 5.74) is 0.146. The minimum absolute atomic E-state index is 0.0769. The third-order valence-corrected chi connectivity index (χ3v) is 2.76. The van der Waals surface area contributed by atoms with Crippen LogP contribution in [0.1, 0.15) is 5.56 Å². The Morgan fingerprint density at radius 2 is 1.83 bits per heavy atom. The molecular formula is C14H12F2O2. The molecule has 0 saturated carbocycles. The van der Waals surface area contributed by atoms with Gasteiger partial charge in [0.1, 0.15) is 23.1 Å². The predicted octanol–water partition coefficient (Wildman–Crippen LogP) is 3.65. The van der Waals surface area contributed by atoms with Crippen LogP contribution >= 0.6 is 0 Å². The monoisotopic (exact) mass is 250 g/mol. The van der Waals surface area contributed by atoms with Gasteiger partial charge in [0.15, 0.2) is 0 Å². The average molecular weight is 250 g/mol. The number of hydrogen-bond donors (Lipinski definition) is 1. The number of phenols is 1. The van der Waals surface area contributed by atoms with Crippen LogP contribution in [-0.4, -0.2) is 12.2 Å². The van der Waals surface area contributed by atoms with Crippen molar-refractivity contribution in [3.8, 4) is 22.6 Å². The summed E-state index contributed by atoms with van der Waals surface area (Å²) in [7, 11) is 1.44. The predicted molar refractivity (Wildman–Crippen MR) is 64.7 cm³/mol. The maximum absolute atomic E-state index is 14.0. The van der Waals surface area contributed by atoms with E-state index in [1.807, 2.05) is 0 Å². The fraction of sp³-hybridized carbons (Fsp3) is 0.143. The summed E-state index contributed by atoms with van der Waals surface area (Å²) in [4.78, 5) is 0. The van der Waals surface area contributed by atoms with Crippen molar-refractivity contribution in [3.63, 3.8) is 0 Å². The Morgan fingerprint density at radius 3 is 2.50 bits per heavy atom. The van der Waals surface area contributed by atoms with E-state index in [0.717, 1.165) is 0 Å². The van der Waals surface area contributed by atoms with E-state index < -0.39 is 11.6 Å². The highest BCUT2D eigenvalue weighted by Crippen LogP contribution is 2.36. The highest BCUT2D eigenvalue weighted by atomic mass is 19.1. The third kappa shape index (κ3) is 2.01. The summed E-state index contributed by atoms with van der Waals surface area (Å²) < 4.78 is 32.7. The molecule has 0 spiro atoms. The molecule has 0 amide bonds. The molecule has 0 aliphatic rings. The standard InChI is InChI=1S/C14H12F2O2/c1-8-3-5-11(15)13(14(8)16)10-7-9(18-2)4-6-12(10)17/h3-7,17H,1-2H3. The minimum Gasteiger partial charge on any atom is -0.507 e. The lowest BCUT2D eigenvalue weighted by molar-refractivity contribution is 0.412. The first-order valence-corrected chi connectivity index (χ1v) is 5.36. The summed E-state index contributed by atoms with van der Waals surface area (Å²) in [6.07, 6.45) is 0. The van der Waals surface area contributed by atoms with Crippen LogP contribution in [0.25, 0.3) is 11.1 Å². The van der Waals surface area contributed by atoms with Gasteiger partial charge in [-0.1, -0.05) is 6.07 Å². The summed E-state index contributed by atoms with van der Waals surface area (Å²) in [5, 5.41) is 9.73. The van der Waals surface area contributed by atoms with Gasteiger partial charge >= 0.3 is 0 Å². The van der Waals surface area contributed by atoms with E-state index in [9.17, 15) is 13.9 Å². The third-order valence-electron chi connectivity index (χ3n) is 2.76. The second-order valence-corrected chi connectivity index (χ2v) is 3.94. The van der Waals surface area contributed by atoms with E-state index in [4.69, 9.17) is 4.74 Å². The smallest absolute Gasteiger partial charge is 0.137 e. The van der Waals surface area contributed by atoms with Crippen molar-refractivity contribution < 1.29 is 18.6 Å². The van der Waals surface area contributed by atoms with Gasteiger partial charge < -0.3 is 9.84 Å². The molecule has 2 aromatic carbocycles. The topological polar surface area (TPSA) is 29.5 Å². The van der Waals surface area contributed by atoms with E-state index in [0.29, 0.717) is 11.3 Å². The van der Waals surface area contributed by atoms with Gasteiger partial charge in [-0.3, -0.25) is 0 Å². The average Bonchev–Trinajstić information content (AvgIpc) is 2.36. The highest BCUT2D eigenvalue weighted by Gasteiger charge is 2.17. The highest BCUT2D eigenvalue weighted by molar-refractivity contribution is 5.73. The Morgan fingerprint density at radius 1 is 1.11 bits per heavy atom. The molecule has 0 fully saturated rings. The number of ether oxygens (including phenoxy) is 1. The van der Waals surface area contributed by atoms with E-state index in [2.05, 4.69) is 0 Å². The molecule has 18 heavy (non-hydrogen) atoms. The molecule has 94 valence electrons. The maximum atomic E-state index is 14.0. The van der Waals surface area contributed by atoms with Crippen LogP contribution in [0.5, 0.6) is 11.5 Å². The van der Waals surface area contributed by atoms with Crippen LogP contribution in [-0.2, 0) is 0 Å². The molecule has 2 nitrogen and oxygen atoms in total. The first-order valence-electron chi connectivity index (χ1n) is 5.36. The van der Waals surface area contributed by atoms with Gasteiger partial charge in [0.2, 0.25) is 0 Å². The lowest BCUT2D eigenvalue weighted by atomic mass is 10.0. The maximum Gasteiger partial charge on any atom is 0.137 e. The normalized spacial score (nSPS) is 10.4. The Kier molecular flexibility index (Phi) is 3.19. The zero-order valence-electron chi connectivity index (χ0n) is 10.00. The fourth-order valence-electron chi connectivity index (χ4n) is 1.75. The summed E-state index contributed by atoms with van der Waals surface area (Å²) >= 11 is 0. The van der Waals surface area contributed by atoms with Crippen molar-refractivity contribution in [2.45, 2.75) is 6.92 Å². The summed E-state index contributed by atoms with van der Waals surface area (Å²) in [6.45, 7) is 1.54. The Labute approximate surface area is 103 Å². The lowest BCUT2D eigenvalue weighted by Crippen LogP contribution is -1.94. The molecule has 1 N–H and O–H groups in total. The summed E-state index contributed by atoms with van der Waals surface area (Å²) in [6, 6.07) is 6.79. The molecule has 0 aliphatic carbocycles. The molecule has 2 aromatic rings. The number of methoxy groups -OCH3 is 1. The van der Waals surface area contributed by atoms with Crippen molar-refractivity contribution in [2.24, 2.45) is 0 Å². The van der Waals surface area contributed by atoms with Crippen LogP contribution in [0.3, 0.4) is 0 Å². The van der Waals surface area contributed by atoms with Crippen LogP contribution in [0.4, 0.5) is 8.78 Å². The number of rotatable bonds is 2. The van der Waals surface area contributed by atoms with Crippen LogP contribution in [0, 0.1) is 18.6 Å². The Balaban J connectivity index is 2.72. The largest absolute Gasteiger partial charge is 0.507 e. The number of phenolic OH excluding ortho intramolecular Hbond substituents is 1. The quantitative estimate of drug-likeness (QED) is 0.881. The number of aromatic hydroxyl groups is 1. The molecule has 0 unspecified atom stereocenters. The van der Waals surface area contributed by atoms with Crippen LogP contribution in [0.15, 0.2) is 30.3 Å². The molecule has 0 radical (unpaired) electrons. The second kappa shape index (κ2) is 4.64. The van der Waals surface area contributed by atoms with Gasteiger partial charge in [-0.15, -0.1) is 0 Å². The van der Waals surface area contributed by atoms with Gasteiger partial charge in [-0.25, -0.2) is 8.78 Å². The first-order chi connectivity index (χ1) is 8.54. The number of halogens is 2. The van der Waals surface area contributed by atoms with E-state index in [1.54, 1.807) is 0 Å². The van der Waals surface area contributed by atoms with Crippen molar-refractivity contribution in [2.75, 3.05) is 7.11 Å². The number of aryl methyl sites for hydroxylation is 1. The molecule has 4 heteroatoms. The van der Waals surface area contributed by atoms with Gasteiger partial charge in [-0.2, -0.15) is 0 Å². The van der Waals surface area contributed by atoms with E-state index >= 15 is 0 Å². The van der Waals surface area contributed by atoms with E-state index in [-0.39, 0.29) is 16.9 Å². The van der Waals surface area contributed by atoms with Gasteiger partial charge in [-0.05, 0) is 36.8 Å². The fourth-order valence-corrected chi connectivity index (χ4v) is 1.75. The second-order valence-electron chi connectivity index (χ2n) is 3.94. The zero-order chi connectivity index (χ0) is 13.3. The molecule has 0 atom stereocenters. The first kappa shape index (κ1) is 12.4. The zero-order valence-corrected chi connectivity index (χ0v) is 10.00. The molecule has 0 heterocycles. The molecule has 0 bridgehead atoms. The van der Waals surface area contributed by atoms with Crippen molar-refractivity contribution in [1.82, 2.24) is 0 Å². The van der Waals surface area contributed by atoms with Crippen molar-refractivity contribution >= 4 is 0 Å². The van der Waals surface area contributed by atoms with Gasteiger partial charge in [0.25, 0.3) is 0 Å². The van der Waals surface area contributed by atoms with E-state index in [1.165, 1.54) is 44.4 Å².